The van der Waals surface area contributed by atoms with E-state index in [4.69, 9.17) is 4.74 Å². The number of hydrogen-bond acceptors (Lipinski definition) is 3. The van der Waals surface area contributed by atoms with Crippen LogP contribution in [0.1, 0.15) is 59.1 Å². The Morgan fingerprint density at radius 2 is 1.76 bits per heavy atom. The van der Waals surface area contributed by atoms with Gasteiger partial charge in [0.2, 0.25) is 5.91 Å². The molecule has 5 nitrogen and oxygen atoms in total. The van der Waals surface area contributed by atoms with E-state index < -0.39 is 6.04 Å². The zero-order valence-corrected chi connectivity index (χ0v) is 22.2. The maximum atomic E-state index is 13.3. The third-order valence-electron chi connectivity index (χ3n) is 5.42. The van der Waals surface area contributed by atoms with Crippen LogP contribution in [0.4, 0.5) is 0 Å². The Balaban J connectivity index is 2.19. The van der Waals surface area contributed by atoms with Crippen molar-refractivity contribution in [3.05, 3.63) is 64.1 Å². The van der Waals surface area contributed by atoms with E-state index in [1.165, 1.54) is 5.56 Å². The van der Waals surface area contributed by atoms with Crippen LogP contribution in [0.3, 0.4) is 0 Å². The minimum Gasteiger partial charge on any atom is -0.483 e. The Morgan fingerprint density at radius 3 is 2.30 bits per heavy atom. The zero-order valence-electron chi connectivity index (χ0n) is 20.7. The lowest BCUT2D eigenvalue weighted by Crippen LogP contribution is -2.50. The highest BCUT2D eigenvalue weighted by molar-refractivity contribution is 9.10. The molecule has 1 unspecified atom stereocenters. The van der Waals surface area contributed by atoms with Crippen LogP contribution in [0.5, 0.6) is 5.75 Å². The van der Waals surface area contributed by atoms with Crippen molar-refractivity contribution >= 4 is 27.7 Å². The summed E-state index contributed by atoms with van der Waals surface area (Å²) in [6.07, 6.45) is 0.520. The molecular formula is C27H37BrN2O3. The third kappa shape index (κ3) is 8.18. The molecule has 2 rings (SSSR count). The number of hydrogen-bond donors (Lipinski definition) is 1. The SMILES string of the molecule is CCC(C(=O)NCC(C)C)N(Cc1ccccc1)C(=O)COc1ccc(C(C)(C)C)cc1Br. The molecule has 0 bridgehead atoms. The molecule has 1 N–H and O–H groups in total. The van der Waals surface area contributed by atoms with Crippen molar-refractivity contribution in [1.29, 1.82) is 0 Å². The molecule has 2 aromatic carbocycles. The molecule has 33 heavy (non-hydrogen) atoms. The van der Waals surface area contributed by atoms with Gasteiger partial charge in [0.05, 0.1) is 4.47 Å². The van der Waals surface area contributed by atoms with Crippen LogP contribution >= 0.6 is 15.9 Å². The summed E-state index contributed by atoms with van der Waals surface area (Å²) < 4.78 is 6.69. The van der Waals surface area contributed by atoms with Crippen LogP contribution in [-0.2, 0) is 21.5 Å². The minimum absolute atomic E-state index is 0.0149. The molecule has 0 heterocycles. The lowest BCUT2D eigenvalue weighted by atomic mass is 9.87. The quantitative estimate of drug-likeness (QED) is 0.440. The summed E-state index contributed by atoms with van der Waals surface area (Å²) in [5.41, 5.74) is 2.16. The molecule has 0 aromatic heterocycles. The van der Waals surface area contributed by atoms with E-state index >= 15 is 0 Å². The third-order valence-corrected chi connectivity index (χ3v) is 6.03. The Labute approximate surface area is 207 Å². The molecule has 0 saturated carbocycles. The maximum absolute atomic E-state index is 13.3. The molecule has 2 aromatic rings. The highest BCUT2D eigenvalue weighted by Gasteiger charge is 2.29. The summed E-state index contributed by atoms with van der Waals surface area (Å²) >= 11 is 3.57. The van der Waals surface area contributed by atoms with Gasteiger partial charge in [0.15, 0.2) is 6.61 Å². The number of carbonyl (C=O) groups excluding carboxylic acids is 2. The van der Waals surface area contributed by atoms with E-state index in [0.717, 1.165) is 10.0 Å². The Kier molecular flexibility index (Phi) is 9.96. The van der Waals surface area contributed by atoms with Crippen molar-refractivity contribution in [3.8, 4) is 5.75 Å². The van der Waals surface area contributed by atoms with Gasteiger partial charge in [-0.2, -0.15) is 0 Å². The van der Waals surface area contributed by atoms with Crippen molar-refractivity contribution in [2.24, 2.45) is 5.92 Å². The summed E-state index contributed by atoms with van der Waals surface area (Å²) in [7, 11) is 0. The molecular weight excluding hydrogens is 480 g/mol. The van der Waals surface area contributed by atoms with Crippen LogP contribution in [-0.4, -0.2) is 35.9 Å². The second kappa shape index (κ2) is 12.2. The summed E-state index contributed by atoms with van der Waals surface area (Å²) in [5, 5.41) is 2.98. The average molecular weight is 518 g/mol. The van der Waals surface area contributed by atoms with Crippen molar-refractivity contribution in [1.82, 2.24) is 10.2 Å². The van der Waals surface area contributed by atoms with Crippen LogP contribution in [0.2, 0.25) is 0 Å². The molecule has 180 valence electrons. The van der Waals surface area contributed by atoms with Crippen LogP contribution in [0.25, 0.3) is 0 Å². The van der Waals surface area contributed by atoms with Crippen molar-refractivity contribution in [2.75, 3.05) is 13.2 Å². The van der Waals surface area contributed by atoms with Crippen molar-refractivity contribution in [2.45, 2.75) is 66.0 Å². The number of amides is 2. The summed E-state index contributed by atoms with van der Waals surface area (Å²) in [6.45, 7) is 13.2. The van der Waals surface area contributed by atoms with Gasteiger partial charge < -0.3 is 15.0 Å². The largest absolute Gasteiger partial charge is 0.483 e. The van der Waals surface area contributed by atoms with Crippen LogP contribution < -0.4 is 10.1 Å². The smallest absolute Gasteiger partial charge is 0.261 e. The molecule has 0 aliphatic heterocycles. The monoisotopic (exact) mass is 516 g/mol. The van der Waals surface area contributed by atoms with Crippen LogP contribution in [0.15, 0.2) is 53.0 Å². The first-order valence-electron chi connectivity index (χ1n) is 11.6. The van der Waals surface area contributed by atoms with Gasteiger partial charge in [-0.1, -0.05) is 77.9 Å². The second-order valence-corrected chi connectivity index (χ2v) is 10.6. The summed E-state index contributed by atoms with van der Waals surface area (Å²) in [6, 6.07) is 15.1. The molecule has 0 aliphatic carbocycles. The topological polar surface area (TPSA) is 58.6 Å². The van der Waals surface area contributed by atoms with E-state index in [0.29, 0.717) is 31.2 Å². The fraction of sp³-hybridized carbons (Fsp3) is 0.481. The van der Waals surface area contributed by atoms with Gasteiger partial charge in [-0.15, -0.1) is 0 Å². The molecule has 0 radical (unpaired) electrons. The number of rotatable bonds is 10. The van der Waals surface area contributed by atoms with Gasteiger partial charge in [-0.25, -0.2) is 0 Å². The lowest BCUT2D eigenvalue weighted by Gasteiger charge is -2.31. The second-order valence-electron chi connectivity index (χ2n) is 9.75. The number of carbonyl (C=O) groups is 2. The van der Waals surface area contributed by atoms with E-state index in [2.05, 4.69) is 42.0 Å². The molecule has 0 fully saturated rings. The Hall–Kier alpha value is -2.34. The molecule has 6 heteroatoms. The average Bonchev–Trinajstić information content (AvgIpc) is 2.76. The van der Waals surface area contributed by atoms with Gasteiger partial charge in [0.1, 0.15) is 11.8 Å². The van der Waals surface area contributed by atoms with Crippen molar-refractivity contribution < 1.29 is 14.3 Å². The number of nitrogens with one attached hydrogen (secondary N) is 1. The molecule has 0 spiro atoms. The first-order valence-corrected chi connectivity index (χ1v) is 12.4. The Bertz CT molecular complexity index is 923. The number of benzene rings is 2. The van der Waals surface area contributed by atoms with E-state index in [1.54, 1.807) is 4.90 Å². The first-order chi connectivity index (χ1) is 15.5. The van der Waals surface area contributed by atoms with E-state index in [-0.39, 0.29) is 23.8 Å². The van der Waals surface area contributed by atoms with Gasteiger partial charge in [-0.05, 0) is 56.9 Å². The molecule has 2 amide bonds. The fourth-order valence-electron chi connectivity index (χ4n) is 3.43. The number of nitrogens with zero attached hydrogens (tertiary/aromatic N) is 1. The molecule has 0 aliphatic rings. The van der Waals surface area contributed by atoms with Crippen LogP contribution in [0, 0.1) is 5.92 Å². The van der Waals surface area contributed by atoms with Crippen molar-refractivity contribution in [3.63, 3.8) is 0 Å². The predicted octanol–water partition coefficient (Wildman–Crippen LogP) is 5.71. The number of halogens is 1. The van der Waals surface area contributed by atoms with Gasteiger partial charge in [0, 0.05) is 13.1 Å². The Morgan fingerprint density at radius 1 is 1.09 bits per heavy atom. The normalized spacial score (nSPS) is 12.4. The van der Waals surface area contributed by atoms with E-state index in [9.17, 15) is 9.59 Å². The summed E-state index contributed by atoms with van der Waals surface area (Å²) in [5.74, 6) is 0.582. The lowest BCUT2D eigenvalue weighted by molar-refractivity contribution is -0.143. The van der Waals surface area contributed by atoms with Gasteiger partial charge in [-0.3, -0.25) is 9.59 Å². The van der Waals surface area contributed by atoms with Gasteiger partial charge in [0.25, 0.3) is 5.91 Å². The number of ether oxygens (including phenoxy) is 1. The maximum Gasteiger partial charge on any atom is 0.261 e. The highest BCUT2D eigenvalue weighted by atomic mass is 79.9. The first kappa shape index (κ1) is 26.9. The highest BCUT2D eigenvalue weighted by Crippen LogP contribution is 2.31. The summed E-state index contributed by atoms with van der Waals surface area (Å²) in [4.78, 5) is 27.9. The molecule has 1 atom stereocenters. The zero-order chi connectivity index (χ0) is 24.6. The van der Waals surface area contributed by atoms with E-state index in [1.807, 2.05) is 69.3 Å². The standard InChI is InChI=1S/C27H37BrN2O3/c1-7-23(26(32)29-16-19(2)3)30(17-20-11-9-8-10-12-20)25(31)18-33-24-14-13-21(15-22(24)28)27(4,5)6/h8-15,19,23H,7,16-18H2,1-6H3,(H,29,32). The predicted molar refractivity (Wildman–Crippen MR) is 137 cm³/mol. The fourth-order valence-corrected chi connectivity index (χ4v) is 3.92. The minimum atomic E-state index is -0.563. The van der Waals surface area contributed by atoms with Gasteiger partial charge >= 0.3 is 0 Å². The molecule has 0 saturated heterocycles.